The van der Waals surface area contributed by atoms with Gasteiger partial charge in [-0.05, 0) is 35.9 Å². The smallest absolute Gasteiger partial charge is 0.254 e. The van der Waals surface area contributed by atoms with Gasteiger partial charge in [0, 0.05) is 50.4 Å². The van der Waals surface area contributed by atoms with E-state index >= 15 is 0 Å². The number of benzene rings is 2. The van der Waals surface area contributed by atoms with Gasteiger partial charge in [-0.3, -0.25) is 4.79 Å². The number of methoxy groups -OCH3 is 1. The van der Waals surface area contributed by atoms with Gasteiger partial charge in [0.25, 0.3) is 5.91 Å². The molecular weight excluding hydrogens is 364 g/mol. The quantitative estimate of drug-likeness (QED) is 0.737. The van der Waals surface area contributed by atoms with Crippen molar-refractivity contribution in [3.05, 3.63) is 64.7 Å². The number of amides is 1. The van der Waals surface area contributed by atoms with E-state index in [1.165, 1.54) is 0 Å². The highest BCUT2D eigenvalue weighted by atomic mass is 35.5. The first-order valence-corrected chi connectivity index (χ1v) is 9.56. The van der Waals surface area contributed by atoms with E-state index in [-0.39, 0.29) is 11.9 Å². The summed E-state index contributed by atoms with van der Waals surface area (Å²) in [5, 5.41) is 4.04. The van der Waals surface area contributed by atoms with Crippen LogP contribution in [-0.4, -0.2) is 50.8 Å². The molecule has 1 amide bonds. The van der Waals surface area contributed by atoms with Crippen LogP contribution in [-0.2, 0) is 4.74 Å². The van der Waals surface area contributed by atoms with Crippen LogP contribution in [0.25, 0.3) is 0 Å². The second-order valence-corrected chi connectivity index (χ2v) is 6.93. The molecule has 0 bridgehead atoms. The summed E-state index contributed by atoms with van der Waals surface area (Å²) in [7, 11) is 1.67. The molecule has 1 N–H and O–H groups in total. The molecule has 1 fully saturated rings. The van der Waals surface area contributed by atoms with Crippen molar-refractivity contribution in [1.82, 2.24) is 10.2 Å². The predicted molar refractivity (Wildman–Crippen MR) is 107 cm³/mol. The molecule has 0 aromatic heterocycles. The van der Waals surface area contributed by atoms with Crippen molar-refractivity contribution in [3.63, 3.8) is 0 Å². The van der Waals surface area contributed by atoms with Gasteiger partial charge >= 0.3 is 0 Å². The van der Waals surface area contributed by atoms with E-state index in [9.17, 15) is 4.79 Å². The molecule has 0 saturated carbocycles. The summed E-state index contributed by atoms with van der Waals surface area (Å²) in [4.78, 5) is 15.1. The Hall–Kier alpha value is -2.08. The van der Waals surface area contributed by atoms with Crippen LogP contribution in [0.5, 0.6) is 5.75 Å². The first-order chi connectivity index (χ1) is 13.2. The van der Waals surface area contributed by atoms with Crippen molar-refractivity contribution in [3.8, 4) is 5.75 Å². The second-order valence-electron chi connectivity index (χ2n) is 6.50. The van der Waals surface area contributed by atoms with Gasteiger partial charge in [-0.25, -0.2) is 0 Å². The average Bonchev–Trinajstić information content (AvgIpc) is 2.71. The van der Waals surface area contributed by atoms with E-state index in [0.29, 0.717) is 42.6 Å². The first kappa shape index (κ1) is 19.7. The number of hydrogen-bond acceptors (Lipinski definition) is 4. The molecule has 2 aromatic carbocycles. The molecule has 2 aromatic rings. The second kappa shape index (κ2) is 9.74. The van der Waals surface area contributed by atoms with Crippen molar-refractivity contribution < 1.29 is 14.3 Å². The van der Waals surface area contributed by atoms with Crippen LogP contribution in [0.15, 0.2) is 48.5 Å². The minimum absolute atomic E-state index is 0.00353. The summed E-state index contributed by atoms with van der Waals surface area (Å²) < 4.78 is 10.8. The minimum atomic E-state index is -0.0452. The number of carbonyl (C=O) groups is 1. The van der Waals surface area contributed by atoms with E-state index < -0.39 is 0 Å². The third-order valence-electron chi connectivity index (χ3n) is 4.58. The molecule has 144 valence electrons. The molecule has 0 radical (unpaired) electrons. The van der Waals surface area contributed by atoms with E-state index in [2.05, 4.69) is 5.32 Å². The number of rotatable bonds is 7. The van der Waals surface area contributed by atoms with Gasteiger partial charge in [-0.2, -0.15) is 0 Å². The Bertz CT molecular complexity index is 769. The van der Waals surface area contributed by atoms with E-state index in [1.54, 1.807) is 7.11 Å². The van der Waals surface area contributed by atoms with Gasteiger partial charge in [0.15, 0.2) is 0 Å². The van der Waals surface area contributed by atoms with Crippen LogP contribution in [0, 0.1) is 0 Å². The first-order valence-electron chi connectivity index (χ1n) is 9.18. The Balaban J connectivity index is 1.74. The summed E-state index contributed by atoms with van der Waals surface area (Å²) in [6, 6.07) is 15.0. The van der Waals surface area contributed by atoms with Gasteiger partial charge in [-0.15, -0.1) is 0 Å². The summed E-state index contributed by atoms with van der Waals surface area (Å²) in [5.74, 6) is 0.704. The highest BCUT2D eigenvalue weighted by Gasteiger charge is 2.28. The van der Waals surface area contributed by atoms with Crippen molar-refractivity contribution in [1.29, 1.82) is 0 Å². The fourth-order valence-electron chi connectivity index (χ4n) is 3.24. The predicted octanol–water partition coefficient (Wildman–Crippen LogP) is 3.54. The molecule has 0 spiro atoms. The lowest BCUT2D eigenvalue weighted by Crippen LogP contribution is -2.48. The lowest BCUT2D eigenvalue weighted by atomic mass is 10.0. The Morgan fingerprint density at radius 1 is 1.22 bits per heavy atom. The topological polar surface area (TPSA) is 50.8 Å². The Labute approximate surface area is 165 Å². The number of halogens is 1. The summed E-state index contributed by atoms with van der Waals surface area (Å²) in [6.45, 7) is 3.34. The van der Waals surface area contributed by atoms with Gasteiger partial charge < -0.3 is 19.7 Å². The SMILES string of the molecule is COCCCOc1cccc(C(=O)N2CCNCC2c2cccc(Cl)c2)c1. The summed E-state index contributed by atoms with van der Waals surface area (Å²) >= 11 is 6.15. The maximum Gasteiger partial charge on any atom is 0.254 e. The van der Waals surface area contributed by atoms with Gasteiger partial charge in [0.1, 0.15) is 5.75 Å². The van der Waals surface area contributed by atoms with Crippen LogP contribution in [0.4, 0.5) is 0 Å². The molecule has 3 rings (SSSR count). The molecule has 1 saturated heterocycles. The number of ether oxygens (including phenoxy) is 2. The van der Waals surface area contributed by atoms with Crippen LogP contribution >= 0.6 is 11.6 Å². The standard InChI is InChI=1S/C21H25ClN2O3/c1-26-11-4-12-27-19-8-3-6-17(14-19)21(25)24-10-9-23-15-20(24)16-5-2-7-18(22)13-16/h2-3,5-8,13-14,20,23H,4,9-12,15H2,1H3. The molecule has 1 heterocycles. The van der Waals surface area contributed by atoms with E-state index in [1.807, 2.05) is 53.4 Å². The highest BCUT2D eigenvalue weighted by molar-refractivity contribution is 6.30. The number of nitrogens with one attached hydrogen (secondary N) is 1. The van der Waals surface area contributed by atoms with Gasteiger partial charge in [-0.1, -0.05) is 29.8 Å². The summed E-state index contributed by atoms with van der Waals surface area (Å²) in [6.07, 6.45) is 0.809. The highest BCUT2D eigenvalue weighted by Crippen LogP contribution is 2.27. The monoisotopic (exact) mass is 388 g/mol. The number of hydrogen-bond donors (Lipinski definition) is 1. The van der Waals surface area contributed by atoms with Crippen molar-refractivity contribution >= 4 is 17.5 Å². The van der Waals surface area contributed by atoms with Crippen molar-refractivity contribution in [2.45, 2.75) is 12.5 Å². The van der Waals surface area contributed by atoms with Crippen LogP contribution in [0.3, 0.4) is 0 Å². The zero-order valence-electron chi connectivity index (χ0n) is 15.5. The van der Waals surface area contributed by atoms with Crippen LogP contribution in [0.1, 0.15) is 28.4 Å². The molecule has 27 heavy (non-hydrogen) atoms. The fraction of sp³-hybridized carbons (Fsp3) is 0.381. The van der Waals surface area contributed by atoms with Crippen molar-refractivity contribution in [2.75, 3.05) is 40.0 Å². The Morgan fingerprint density at radius 2 is 2.07 bits per heavy atom. The average molecular weight is 389 g/mol. The van der Waals surface area contributed by atoms with Crippen LogP contribution < -0.4 is 10.1 Å². The fourth-order valence-corrected chi connectivity index (χ4v) is 3.44. The molecular formula is C21H25ClN2O3. The maximum absolute atomic E-state index is 13.2. The van der Waals surface area contributed by atoms with E-state index in [4.69, 9.17) is 21.1 Å². The van der Waals surface area contributed by atoms with Gasteiger partial charge in [0.05, 0.1) is 12.6 Å². The van der Waals surface area contributed by atoms with Crippen molar-refractivity contribution in [2.24, 2.45) is 0 Å². The molecule has 1 aliphatic rings. The van der Waals surface area contributed by atoms with Gasteiger partial charge in [0.2, 0.25) is 0 Å². The Kier molecular flexibility index (Phi) is 7.10. The number of nitrogens with zero attached hydrogens (tertiary/aromatic N) is 1. The molecule has 1 unspecified atom stereocenters. The normalized spacial score (nSPS) is 17.0. The maximum atomic E-state index is 13.2. The molecule has 1 atom stereocenters. The molecule has 6 heteroatoms. The lowest BCUT2D eigenvalue weighted by molar-refractivity contribution is 0.0634. The summed E-state index contributed by atoms with van der Waals surface area (Å²) in [5.41, 5.74) is 1.67. The number of carbonyl (C=O) groups excluding carboxylic acids is 1. The molecule has 1 aliphatic heterocycles. The largest absolute Gasteiger partial charge is 0.493 e. The van der Waals surface area contributed by atoms with E-state index in [0.717, 1.165) is 18.5 Å². The molecule has 0 aliphatic carbocycles. The third-order valence-corrected chi connectivity index (χ3v) is 4.82. The zero-order chi connectivity index (χ0) is 19.1. The number of piperazine rings is 1. The van der Waals surface area contributed by atoms with Crippen LogP contribution in [0.2, 0.25) is 5.02 Å². The lowest BCUT2D eigenvalue weighted by Gasteiger charge is -2.36. The minimum Gasteiger partial charge on any atom is -0.493 e. The molecule has 5 nitrogen and oxygen atoms in total. The third kappa shape index (κ3) is 5.22. The zero-order valence-corrected chi connectivity index (χ0v) is 16.2. The Morgan fingerprint density at radius 3 is 2.89 bits per heavy atom.